The van der Waals surface area contributed by atoms with E-state index in [1.165, 1.54) is 0 Å². The molecule has 1 aliphatic rings. The fourth-order valence-electron chi connectivity index (χ4n) is 3.18. The van der Waals surface area contributed by atoms with Crippen LogP contribution in [0.4, 0.5) is 0 Å². The first-order chi connectivity index (χ1) is 15.6. The summed E-state index contributed by atoms with van der Waals surface area (Å²) in [6.45, 7) is 0.297. The highest BCUT2D eigenvalue weighted by atomic mass is 35.5. The van der Waals surface area contributed by atoms with E-state index < -0.39 is 11.9 Å². The molecule has 0 aromatic heterocycles. The van der Waals surface area contributed by atoms with Crippen LogP contribution in [0, 0.1) is 0 Å². The fraction of sp³-hybridized carbons (Fsp3) is 0.200. The van der Waals surface area contributed by atoms with Gasteiger partial charge in [0.2, 0.25) is 5.91 Å². The summed E-state index contributed by atoms with van der Waals surface area (Å²) in [6.07, 6.45) is 1.97. The highest BCUT2D eigenvalue weighted by molar-refractivity contribution is 6.30. The van der Waals surface area contributed by atoms with E-state index in [0.717, 1.165) is 24.0 Å². The Morgan fingerprint density at radius 2 is 1.62 bits per heavy atom. The van der Waals surface area contributed by atoms with Gasteiger partial charge in [0.1, 0.15) is 18.4 Å². The van der Waals surface area contributed by atoms with Crippen LogP contribution < -0.4 is 20.9 Å². The number of carbonyl (C=O) groups excluding carboxylic acids is 2. The van der Waals surface area contributed by atoms with E-state index >= 15 is 0 Å². The Balaban J connectivity index is 1.43. The third kappa shape index (κ3) is 5.87. The lowest BCUT2D eigenvalue weighted by Crippen LogP contribution is -2.47. The number of para-hydroxylation sites is 1. The zero-order chi connectivity index (χ0) is 22.3. The second-order valence-electron chi connectivity index (χ2n) is 7.64. The number of hydrogen-bond acceptors (Lipinski definition) is 4. The second-order valence-corrected chi connectivity index (χ2v) is 8.07. The molecule has 6 nitrogen and oxygen atoms in total. The molecule has 0 saturated heterocycles. The van der Waals surface area contributed by atoms with Gasteiger partial charge in [-0.25, -0.2) is 5.43 Å². The molecule has 0 spiro atoms. The van der Waals surface area contributed by atoms with Crippen LogP contribution >= 0.6 is 11.6 Å². The molecule has 1 fully saturated rings. The van der Waals surface area contributed by atoms with Crippen LogP contribution in [0.25, 0.3) is 0 Å². The highest BCUT2D eigenvalue weighted by Crippen LogP contribution is 2.22. The summed E-state index contributed by atoms with van der Waals surface area (Å²) >= 11 is 5.92. The number of ether oxygens (including phenoxy) is 1. The van der Waals surface area contributed by atoms with E-state index in [0.29, 0.717) is 22.9 Å². The third-order valence-corrected chi connectivity index (χ3v) is 5.34. The number of carbonyl (C=O) groups is 2. The number of hydrogen-bond donors (Lipinski definition) is 3. The van der Waals surface area contributed by atoms with Crippen LogP contribution in [-0.2, 0) is 11.4 Å². The Kier molecular flexibility index (Phi) is 7.04. The molecule has 32 heavy (non-hydrogen) atoms. The molecule has 1 saturated carbocycles. The predicted octanol–water partition coefficient (Wildman–Crippen LogP) is 4.17. The highest BCUT2D eigenvalue weighted by Gasteiger charge is 2.28. The number of rotatable bonds is 9. The maximum atomic E-state index is 12.9. The molecule has 164 valence electrons. The molecule has 3 N–H and O–H groups in total. The van der Waals surface area contributed by atoms with E-state index in [1.807, 2.05) is 42.5 Å². The van der Waals surface area contributed by atoms with Crippen molar-refractivity contribution in [2.75, 3.05) is 0 Å². The van der Waals surface area contributed by atoms with Gasteiger partial charge in [-0.3, -0.25) is 15.0 Å². The molecule has 2 amide bonds. The second kappa shape index (κ2) is 10.3. The van der Waals surface area contributed by atoms with Crippen molar-refractivity contribution in [2.24, 2.45) is 0 Å². The SMILES string of the molecule is O=C(NN[C@@H](C(=O)NC1CC1)c1ccccc1)c1ccccc1OCc1ccc(Cl)cc1. The lowest BCUT2D eigenvalue weighted by molar-refractivity contribution is -0.123. The normalized spacial score (nSPS) is 13.8. The average Bonchev–Trinajstić information content (AvgIpc) is 3.63. The average molecular weight is 450 g/mol. The van der Waals surface area contributed by atoms with Gasteiger partial charge in [0, 0.05) is 11.1 Å². The molecule has 1 atom stereocenters. The van der Waals surface area contributed by atoms with Crippen LogP contribution in [0.5, 0.6) is 5.75 Å². The molecule has 0 radical (unpaired) electrons. The minimum Gasteiger partial charge on any atom is -0.488 e. The number of benzene rings is 3. The minimum absolute atomic E-state index is 0.175. The van der Waals surface area contributed by atoms with Crippen LogP contribution in [0.2, 0.25) is 5.02 Å². The van der Waals surface area contributed by atoms with Crippen molar-refractivity contribution in [2.45, 2.75) is 31.5 Å². The number of nitrogens with one attached hydrogen (secondary N) is 3. The Hall–Kier alpha value is -3.35. The van der Waals surface area contributed by atoms with Gasteiger partial charge in [-0.1, -0.05) is 66.2 Å². The van der Waals surface area contributed by atoms with E-state index in [-0.39, 0.29) is 11.9 Å². The molecule has 0 bridgehead atoms. The van der Waals surface area contributed by atoms with Crippen molar-refractivity contribution in [1.29, 1.82) is 0 Å². The monoisotopic (exact) mass is 449 g/mol. The zero-order valence-electron chi connectivity index (χ0n) is 17.4. The van der Waals surface area contributed by atoms with Gasteiger partial charge in [0.25, 0.3) is 5.91 Å². The van der Waals surface area contributed by atoms with Crippen molar-refractivity contribution in [3.05, 3.63) is 101 Å². The largest absolute Gasteiger partial charge is 0.488 e. The summed E-state index contributed by atoms with van der Waals surface area (Å²) in [7, 11) is 0. The van der Waals surface area contributed by atoms with Crippen molar-refractivity contribution < 1.29 is 14.3 Å². The molecule has 0 unspecified atom stereocenters. The zero-order valence-corrected chi connectivity index (χ0v) is 18.1. The Morgan fingerprint density at radius 1 is 0.938 bits per heavy atom. The van der Waals surface area contributed by atoms with Gasteiger partial charge in [0.05, 0.1) is 5.56 Å². The summed E-state index contributed by atoms with van der Waals surface area (Å²) in [6, 6.07) is 23.1. The molecular weight excluding hydrogens is 426 g/mol. The van der Waals surface area contributed by atoms with Crippen LogP contribution in [0.3, 0.4) is 0 Å². The summed E-state index contributed by atoms with van der Waals surface area (Å²) in [5, 5.41) is 3.63. The lowest BCUT2D eigenvalue weighted by atomic mass is 10.1. The maximum absolute atomic E-state index is 12.9. The molecule has 1 aliphatic carbocycles. The van der Waals surface area contributed by atoms with Gasteiger partial charge in [-0.15, -0.1) is 0 Å². The standard InChI is InChI=1S/C25H24ClN3O3/c26-19-12-10-17(11-13-19)16-32-22-9-5-4-8-21(22)24(30)29-28-23(18-6-2-1-3-7-18)25(31)27-20-14-15-20/h1-13,20,23,28H,14-16H2,(H,27,31)(H,29,30)/t23-/m1/s1. The van der Waals surface area contributed by atoms with Crippen molar-refractivity contribution in [3.63, 3.8) is 0 Å². The maximum Gasteiger partial charge on any atom is 0.269 e. The van der Waals surface area contributed by atoms with Gasteiger partial charge in [-0.05, 0) is 48.2 Å². The summed E-state index contributed by atoms with van der Waals surface area (Å²) < 4.78 is 5.87. The van der Waals surface area contributed by atoms with E-state index in [9.17, 15) is 9.59 Å². The number of hydrazine groups is 1. The first kappa shape index (κ1) is 21.9. The fourth-order valence-corrected chi connectivity index (χ4v) is 3.31. The molecular formula is C25H24ClN3O3. The summed E-state index contributed by atoms with van der Waals surface area (Å²) in [5.41, 5.74) is 7.62. The van der Waals surface area contributed by atoms with Crippen molar-refractivity contribution in [1.82, 2.24) is 16.2 Å². The van der Waals surface area contributed by atoms with Gasteiger partial charge >= 0.3 is 0 Å². The van der Waals surface area contributed by atoms with E-state index in [2.05, 4.69) is 16.2 Å². The van der Waals surface area contributed by atoms with Crippen molar-refractivity contribution in [3.8, 4) is 5.75 Å². The van der Waals surface area contributed by atoms with Gasteiger partial charge in [0.15, 0.2) is 0 Å². The summed E-state index contributed by atoms with van der Waals surface area (Å²) in [5.74, 6) is -0.122. The number of amides is 2. The minimum atomic E-state index is -0.706. The Labute approximate surface area is 191 Å². The van der Waals surface area contributed by atoms with E-state index in [1.54, 1.807) is 36.4 Å². The molecule has 4 rings (SSSR count). The first-order valence-electron chi connectivity index (χ1n) is 10.5. The smallest absolute Gasteiger partial charge is 0.269 e. The lowest BCUT2D eigenvalue weighted by Gasteiger charge is -2.20. The number of halogens is 1. The van der Waals surface area contributed by atoms with Gasteiger partial charge in [-0.2, -0.15) is 0 Å². The molecule has 0 aliphatic heterocycles. The first-order valence-corrected chi connectivity index (χ1v) is 10.9. The Morgan fingerprint density at radius 3 is 2.34 bits per heavy atom. The quantitative estimate of drug-likeness (QED) is 0.428. The molecule has 3 aromatic carbocycles. The van der Waals surface area contributed by atoms with E-state index in [4.69, 9.17) is 16.3 Å². The third-order valence-electron chi connectivity index (χ3n) is 5.09. The molecule has 0 heterocycles. The molecule has 7 heteroatoms. The van der Waals surface area contributed by atoms with Crippen LogP contribution in [-0.4, -0.2) is 17.9 Å². The van der Waals surface area contributed by atoms with Crippen LogP contribution in [0.1, 0.15) is 40.4 Å². The Bertz CT molecular complexity index is 1070. The van der Waals surface area contributed by atoms with Gasteiger partial charge < -0.3 is 10.1 Å². The molecule has 3 aromatic rings. The van der Waals surface area contributed by atoms with Crippen molar-refractivity contribution >= 4 is 23.4 Å². The summed E-state index contributed by atoms with van der Waals surface area (Å²) in [4.78, 5) is 25.6. The topological polar surface area (TPSA) is 79.5 Å². The van der Waals surface area contributed by atoms with Crippen LogP contribution in [0.15, 0.2) is 78.9 Å². The predicted molar refractivity (Wildman–Crippen MR) is 123 cm³/mol.